The summed E-state index contributed by atoms with van der Waals surface area (Å²) in [6.07, 6.45) is 0. The van der Waals surface area contributed by atoms with Gasteiger partial charge in [-0.05, 0) is 18.2 Å². The quantitative estimate of drug-likeness (QED) is 0.491. The van der Waals surface area contributed by atoms with E-state index in [4.69, 9.17) is 4.74 Å². The molecule has 0 spiro atoms. The number of ether oxygens (including phenoxy) is 1. The van der Waals surface area contributed by atoms with Crippen LogP contribution < -0.4 is 4.74 Å². The van der Waals surface area contributed by atoms with Crippen LogP contribution in [-0.4, -0.2) is 28.7 Å². The molecule has 0 saturated carbocycles. The molecule has 7 nitrogen and oxygen atoms in total. The number of rotatable bonds is 4. The number of methoxy groups -OCH3 is 1. The summed E-state index contributed by atoms with van der Waals surface area (Å²) in [6.45, 7) is -0.0861. The Morgan fingerprint density at radius 3 is 2.22 bits per heavy atom. The normalized spacial score (nSPS) is 13.2. The molecule has 0 bridgehead atoms. The molecule has 0 aromatic heterocycles. The zero-order chi connectivity index (χ0) is 16.6. The Morgan fingerprint density at radius 2 is 1.70 bits per heavy atom. The van der Waals surface area contributed by atoms with E-state index in [-0.39, 0.29) is 12.2 Å². The van der Waals surface area contributed by atoms with Crippen LogP contribution in [0, 0.1) is 10.1 Å². The predicted molar refractivity (Wildman–Crippen MR) is 80.3 cm³/mol. The van der Waals surface area contributed by atoms with Crippen molar-refractivity contribution in [3.63, 3.8) is 0 Å². The van der Waals surface area contributed by atoms with E-state index in [1.807, 2.05) is 0 Å². The molecule has 0 atom stereocenters. The van der Waals surface area contributed by atoms with Crippen molar-refractivity contribution in [1.82, 2.24) is 4.90 Å². The summed E-state index contributed by atoms with van der Waals surface area (Å²) in [4.78, 5) is 36.2. The van der Waals surface area contributed by atoms with Gasteiger partial charge in [0.2, 0.25) is 0 Å². The lowest BCUT2D eigenvalue weighted by molar-refractivity contribution is -0.384. The lowest BCUT2D eigenvalue weighted by Crippen LogP contribution is -2.29. The zero-order valence-electron chi connectivity index (χ0n) is 12.2. The number of nitro benzene ring substituents is 1. The molecule has 0 fully saturated rings. The highest BCUT2D eigenvalue weighted by Crippen LogP contribution is 2.29. The minimum Gasteiger partial charge on any atom is -0.496 e. The molecule has 1 aliphatic heterocycles. The highest BCUT2D eigenvalue weighted by atomic mass is 16.6. The second-order valence-electron chi connectivity index (χ2n) is 5.00. The van der Waals surface area contributed by atoms with Gasteiger partial charge in [-0.3, -0.25) is 24.6 Å². The molecule has 7 heteroatoms. The molecule has 0 aliphatic carbocycles. The number of nitro groups is 1. The van der Waals surface area contributed by atoms with Crippen LogP contribution in [0.2, 0.25) is 0 Å². The lowest BCUT2D eigenvalue weighted by atomic mass is 10.1. The number of carbonyl (C=O) groups is 2. The molecule has 3 rings (SSSR count). The van der Waals surface area contributed by atoms with Gasteiger partial charge in [-0.15, -0.1) is 0 Å². The van der Waals surface area contributed by atoms with Crippen molar-refractivity contribution in [2.45, 2.75) is 6.54 Å². The number of nitrogens with zero attached hydrogens (tertiary/aromatic N) is 2. The molecule has 2 aromatic rings. The summed E-state index contributed by atoms with van der Waals surface area (Å²) in [5, 5.41) is 10.9. The fraction of sp³-hybridized carbons (Fsp3) is 0.125. The number of carbonyl (C=O) groups excluding carboxylic acids is 2. The molecule has 0 unspecified atom stereocenters. The van der Waals surface area contributed by atoms with E-state index in [0.717, 1.165) is 4.90 Å². The number of non-ortho nitro benzene ring substituents is 1. The smallest absolute Gasteiger partial charge is 0.270 e. The first-order valence-corrected chi connectivity index (χ1v) is 6.79. The van der Waals surface area contributed by atoms with Crippen LogP contribution >= 0.6 is 0 Å². The molecule has 1 aliphatic rings. The van der Waals surface area contributed by atoms with Gasteiger partial charge in [0.15, 0.2) is 0 Å². The number of amides is 2. The maximum atomic E-state index is 12.4. The summed E-state index contributed by atoms with van der Waals surface area (Å²) in [5.74, 6) is -0.453. The summed E-state index contributed by atoms with van der Waals surface area (Å²) < 4.78 is 5.17. The summed E-state index contributed by atoms with van der Waals surface area (Å²) >= 11 is 0. The van der Waals surface area contributed by atoms with Gasteiger partial charge in [0, 0.05) is 17.7 Å². The molecule has 0 N–H and O–H groups in total. The third kappa shape index (κ3) is 2.42. The molecule has 2 aromatic carbocycles. The van der Waals surface area contributed by atoms with Crippen LogP contribution in [0.25, 0.3) is 0 Å². The lowest BCUT2D eigenvalue weighted by Gasteiger charge is -2.16. The average molecular weight is 312 g/mol. The van der Waals surface area contributed by atoms with Crippen molar-refractivity contribution < 1.29 is 19.2 Å². The van der Waals surface area contributed by atoms with E-state index in [9.17, 15) is 19.7 Å². The third-order valence-electron chi connectivity index (χ3n) is 3.68. The van der Waals surface area contributed by atoms with E-state index in [2.05, 4.69) is 0 Å². The number of hydrogen-bond donors (Lipinski definition) is 0. The summed E-state index contributed by atoms with van der Waals surface area (Å²) in [7, 11) is 1.42. The van der Waals surface area contributed by atoms with Gasteiger partial charge in [-0.2, -0.15) is 0 Å². The average Bonchev–Trinajstić information content (AvgIpc) is 2.80. The topological polar surface area (TPSA) is 89.8 Å². The van der Waals surface area contributed by atoms with Gasteiger partial charge in [-0.25, -0.2) is 0 Å². The zero-order valence-corrected chi connectivity index (χ0v) is 12.2. The van der Waals surface area contributed by atoms with Crippen LogP contribution in [0.1, 0.15) is 26.3 Å². The molecule has 0 saturated heterocycles. The summed E-state index contributed by atoms with van der Waals surface area (Å²) in [6, 6.07) is 10.6. The van der Waals surface area contributed by atoms with Crippen LogP contribution in [0.15, 0.2) is 42.5 Å². The monoisotopic (exact) mass is 312 g/mol. The largest absolute Gasteiger partial charge is 0.496 e. The van der Waals surface area contributed by atoms with E-state index in [1.54, 1.807) is 24.3 Å². The minimum atomic E-state index is -0.536. The van der Waals surface area contributed by atoms with Crippen molar-refractivity contribution in [2.75, 3.05) is 7.11 Å². The Labute approximate surface area is 131 Å². The molecule has 23 heavy (non-hydrogen) atoms. The Kier molecular flexibility index (Phi) is 3.53. The van der Waals surface area contributed by atoms with E-state index < -0.39 is 16.7 Å². The van der Waals surface area contributed by atoms with Crippen LogP contribution in [-0.2, 0) is 6.54 Å². The second-order valence-corrected chi connectivity index (χ2v) is 5.00. The number of imide groups is 1. The Bertz CT molecular complexity index is 796. The van der Waals surface area contributed by atoms with Crippen molar-refractivity contribution in [3.05, 3.63) is 69.3 Å². The highest BCUT2D eigenvalue weighted by Gasteiger charge is 2.35. The predicted octanol–water partition coefficient (Wildman–Crippen LogP) is 2.40. The fourth-order valence-electron chi connectivity index (χ4n) is 2.56. The standard InChI is InChI=1S/C16H12N2O5/c1-23-14-7-6-11(18(21)22)8-10(14)9-17-15(19)12-4-2-3-5-13(12)16(17)20/h2-8H,9H2,1H3. The molecule has 1 heterocycles. The van der Waals surface area contributed by atoms with Gasteiger partial charge in [-0.1, -0.05) is 12.1 Å². The third-order valence-corrected chi connectivity index (χ3v) is 3.68. The minimum absolute atomic E-state index is 0.0861. The van der Waals surface area contributed by atoms with E-state index in [1.165, 1.54) is 25.3 Å². The fourth-order valence-corrected chi connectivity index (χ4v) is 2.56. The molecular formula is C16H12N2O5. The molecule has 116 valence electrons. The van der Waals surface area contributed by atoms with E-state index in [0.29, 0.717) is 22.4 Å². The van der Waals surface area contributed by atoms with Crippen LogP contribution in [0.4, 0.5) is 5.69 Å². The number of hydrogen-bond acceptors (Lipinski definition) is 5. The van der Waals surface area contributed by atoms with Crippen molar-refractivity contribution in [3.8, 4) is 5.75 Å². The number of benzene rings is 2. The molecular weight excluding hydrogens is 300 g/mol. The van der Waals surface area contributed by atoms with Gasteiger partial charge < -0.3 is 4.74 Å². The van der Waals surface area contributed by atoms with Crippen molar-refractivity contribution in [1.29, 1.82) is 0 Å². The second kappa shape index (κ2) is 5.53. The van der Waals surface area contributed by atoms with Crippen LogP contribution in [0.5, 0.6) is 5.75 Å². The number of fused-ring (bicyclic) bond motifs is 1. The van der Waals surface area contributed by atoms with Gasteiger partial charge in [0.05, 0.1) is 29.7 Å². The van der Waals surface area contributed by atoms with E-state index >= 15 is 0 Å². The van der Waals surface area contributed by atoms with Crippen molar-refractivity contribution >= 4 is 17.5 Å². The maximum Gasteiger partial charge on any atom is 0.270 e. The van der Waals surface area contributed by atoms with Gasteiger partial charge >= 0.3 is 0 Å². The van der Waals surface area contributed by atoms with Crippen LogP contribution in [0.3, 0.4) is 0 Å². The highest BCUT2D eigenvalue weighted by molar-refractivity contribution is 6.21. The SMILES string of the molecule is COc1ccc([N+](=O)[O-])cc1CN1C(=O)c2ccccc2C1=O. The van der Waals surface area contributed by atoms with Gasteiger partial charge in [0.25, 0.3) is 17.5 Å². The Hall–Kier alpha value is -3.22. The van der Waals surface area contributed by atoms with Crippen molar-refractivity contribution in [2.24, 2.45) is 0 Å². The molecule has 2 amide bonds. The first kappa shape index (κ1) is 14.7. The molecule has 0 radical (unpaired) electrons. The Morgan fingerprint density at radius 1 is 1.09 bits per heavy atom. The maximum absolute atomic E-state index is 12.4. The van der Waals surface area contributed by atoms with Gasteiger partial charge in [0.1, 0.15) is 5.75 Å². The summed E-state index contributed by atoms with van der Waals surface area (Å²) in [5.41, 5.74) is 0.942. The first-order chi connectivity index (χ1) is 11.0. The Balaban J connectivity index is 1.97. The first-order valence-electron chi connectivity index (χ1n) is 6.79.